The molecule has 0 radical (unpaired) electrons. The van der Waals surface area contributed by atoms with E-state index in [9.17, 15) is 9.90 Å². The number of aliphatic hydroxyl groups is 1. The summed E-state index contributed by atoms with van der Waals surface area (Å²) in [6.07, 6.45) is 5.35. The monoisotopic (exact) mass is 335 g/mol. The van der Waals surface area contributed by atoms with Crippen molar-refractivity contribution < 1.29 is 19.4 Å². The molecule has 1 atom stereocenters. The van der Waals surface area contributed by atoms with E-state index in [0.717, 1.165) is 5.75 Å². The summed E-state index contributed by atoms with van der Waals surface area (Å²) < 4.78 is 10.9. The van der Waals surface area contributed by atoms with Crippen LogP contribution in [0.5, 0.6) is 17.2 Å². The van der Waals surface area contributed by atoms with Crippen LogP contribution in [-0.2, 0) is 4.79 Å². The molecule has 2 aromatic carbocycles. The Morgan fingerprint density at radius 3 is 2.48 bits per heavy atom. The van der Waals surface area contributed by atoms with Crippen molar-refractivity contribution in [3.8, 4) is 17.2 Å². The Bertz CT molecular complexity index is 850. The number of nitrogens with zero attached hydrogens (tertiary/aromatic N) is 1. The van der Waals surface area contributed by atoms with Crippen LogP contribution in [0.25, 0.3) is 0 Å². The highest BCUT2D eigenvalue weighted by molar-refractivity contribution is 6.17. The smallest absolute Gasteiger partial charge is 0.270 e. The number of hydrogen-bond acceptors (Lipinski definition) is 4. The van der Waals surface area contributed by atoms with Gasteiger partial charge in [-0.05, 0) is 60.2 Å². The number of aliphatic hydroxyl groups excluding tert-OH is 1. The van der Waals surface area contributed by atoms with Gasteiger partial charge in [-0.25, -0.2) is 4.99 Å². The van der Waals surface area contributed by atoms with Gasteiger partial charge in [0.25, 0.3) is 5.91 Å². The standard InChI is InChI=1S/C20H17NO4/c1-24-16-7-9-17(10-8-16)25-18-4-2-3-14(13-18)19(22)11-5-15-6-12-20(23)21-15/h2-13,19,22H,1H3/b11-5+/t19-/m1/s1. The van der Waals surface area contributed by atoms with Crippen molar-refractivity contribution in [3.63, 3.8) is 0 Å². The van der Waals surface area contributed by atoms with Crippen LogP contribution in [0.2, 0.25) is 0 Å². The van der Waals surface area contributed by atoms with Gasteiger partial charge in [-0.15, -0.1) is 0 Å². The predicted molar refractivity (Wildman–Crippen MR) is 95.2 cm³/mol. The highest BCUT2D eigenvalue weighted by Crippen LogP contribution is 2.26. The van der Waals surface area contributed by atoms with Crippen LogP contribution >= 0.6 is 0 Å². The summed E-state index contributed by atoms with van der Waals surface area (Å²) in [7, 11) is 1.61. The lowest BCUT2D eigenvalue weighted by atomic mass is 10.1. The van der Waals surface area contributed by atoms with Gasteiger partial charge in [-0.1, -0.05) is 12.1 Å². The third-order valence-corrected chi connectivity index (χ3v) is 3.58. The molecule has 1 aliphatic rings. The van der Waals surface area contributed by atoms with Crippen molar-refractivity contribution in [2.24, 2.45) is 4.99 Å². The van der Waals surface area contributed by atoms with E-state index in [1.807, 2.05) is 36.4 Å². The van der Waals surface area contributed by atoms with Crippen LogP contribution in [0, 0.1) is 0 Å². The second-order valence-corrected chi connectivity index (χ2v) is 5.36. The molecular formula is C20H17NO4. The third-order valence-electron chi connectivity index (χ3n) is 3.58. The number of methoxy groups -OCH3 is 1. The first-order valence-corrected chi connectivity index (χ1v) is 7.73. The fraction of sp³-hybridized carbons (Fsp3) is 0.100. The van der Waals surface area contributed by atoms with E-state index < -0.39 is 6.10 Å². The van der Waals surface area contributed by atoms with Gasteiger partial charge in [0.2, 0.25) is 0 Å². The molecule has 1 N–H and O–H groups in total. The number of amides is 1. The highest BCUT2D eigenvalue weighted by Gasteiger charge is 2.08. The Hall–Kier alpha value is -3.18. The molecule has 0 bridgehead atoms. The van der Waals surface area contributed by atoms with Crippen LogP contribution < -0.4 is 9.47 Å². The summed E-state index contributed by atoms with van der Waals surface area (Å²) in [5.41, 5.74) is 1.20. The summed E-state index contributed by atoms with van der Waals surface area (Å²) in [5.74, 6) is 1.75. The van der Waals surface area contributed by atoms with Gasteiger partial charge in [0, 0.05) is 6.08 Å². The molecule has 0 aliphatic carbocycles. The number of allylic oxidation sites excluding steroid dienone is 2. The van der Waals surface area contributed by atoms with Crippen molar-refractivity contribution in [1.82, 2.24) is 0 Å². The van der Waals surface area contributed by atoms with Crippen LogP contribution in [0.1, 0.15) is 11.7 Å². The summed E-state index contributed by atoms with van der Waals surface area (Å²) >= 11 is 0. The molecule has 1 heterocycles. The van der Waals surface area contributed by atoms with Gasteiger partial charge < -0.3 is 14.6 Å². The van der Waals surface area contributed by atoms with Crippen molar-refractivity contribution in [2.45, 2.75) is 6.10 Å². The fourth-order valence-electron chi connectivity index (χ4n) is 2.29. The number of carbonyl (C=O) groups excluding carboxylic acids is 1. The molecule has 5 nitrogen and oxygen atoms in total. The maximum Gasteiger partial charge on any atom is 0.270 e. The lowest BCUT2D eigenvalue weighted by Gasteiger charge is -2.10. The van der Waals surface area contributed by atoms with Crippen molar-refractivity contribution >= 4 is 11.6 Å². The molecule has 0 fully saturated rings. The fourth-order valence-corrected chi connectivity index (χ4v) is 2.29. The van der Waals surface area contributed by atoms with Gasteiger partial charge in [-0.3, -0.25) is 4.79 Å². The first-order chi connectivity index (χ1) is 12.1. The molecule has 3 rings (SSSR count). The average molecular weight is 335 g/mol. The molecule has 1 aliphatic heterocycles. The molecule has 2 aromatic rings. The minimum Gasteiger partial charge on any atom is -0.497 e. The van der Waals surface area contributed by atoms with Crippen molar-refractivity contribution in [1.29, 1.82) is 0 Å². The molecule has 0 saturated carbocycles. The van der Waals surface area contributed by atoms with Gasteiger partial charge >= 0.3 is 0 Å². The van der Waals surface area contributed by atoms with E-state index in [4.69, 9.17) is 9.47 Å². The molecular weight excluding hydrogens is 318 g/mol. The van der Waals surface area contributed by atoms with E-state index in [1.165, 1.54) is 6.08 Å². The van der Waals surface area contributed by atoms with Crippen molar-refractivity contribution in [3.05, 3.63) is 78.4 Å². The minimum atomic E-state index is -0.828. The maximum atomic E-state index is 11.0. The summed E-state index contributed by atoms with van der Waals surface area (Å²) in [4.78, 5) is 14.8. The maximum absolute atomic E-state index is 11.0. The molecule has 126 valence electrons. The van der Waals surface area contributed by atoms with Gasteiger partial charge in [-0.2, -0.15) is 0 Å². The Morgan fingerprint density at radius 2 is 1.80 bits per heavy atom. The minimum absolute atomic E-state index is 0.288. The predicted octanol–water partition coefficient (Wildman–Crippen LogP) is 3.61. The zero-order valence-corrected chi connectivity index (χ0v) is 13.6. The molecule has 0 spiro atoms. The van der Waals surface area contributed by atoms with Crippen LogP contribution in [-0.4, -0.2) is 23.8 Å². The Balaban J connectivity index is 1.69. The Kier molecular flexibility index (Phi) is 5.06. The lowest BCUT2D eigenvalue weighted by Crippen LogP contribution is -1.95. The van der Waals surface area contributed by atoms with Crippen molar-refractivity contribution in [2.75, 3.05) is 7.11 Å². The second kappa shape index (κ2) is 7.59. The number of benzene rings is 2. The number of rotatable bonds is 6. The number of carbonyl (C=O) groups is 1. The van der Waals surface area contributed by atoms with E-state index in [1.54, 1.807) is 37.5 Å². The molecule has 1 amide bonds. The quantitative estimate of drug-likeness (QED) is 0.875. The topological polar surface area (TPSA) is 68.1 Å². The van der Waals surface area contributed by atoms with Gasteiger partial charge in [0.05, 0.1) is 18.9 Å². The number of ether oxygens (including phenoxy) is 2. The number of aliphatic imine (C=N–C) groups is 1. The van der Waals surface area contributed by atoms with E-state index in [2.05, 4.69) is 4.99 Å². The second-order valence-electron chi connectivity index (χ2n) is 5.36. The normalized spacial score (nSPS) is 14.6. The summed E-state index contributed by atoms with van der Waals surface area (Å²) in [6, 6.07) is 14.4. The van der Waals surface area contributed by atoms with E-state index in [0.29, 0.717) is 22.8 Å². The highest BCUT2D eigenvalue weighted by atomic mass is 16.5. The van der Waals surface area contributed by atoms with E-state index >= 15 is 0 Å². The largest absolute Gasteiger partial charge is 0.497 e. The van der Waals surface area contributed by atoms with Crippen LogP contribution in [0.3, 0.4) is 0 Å². The molecule has 25 heavy (non-hydrogen) atoms. The van der Waals surface area contributed by atoms with Crippen LogP contribution in [0.15, 0.2) is 77.8 Å². The van der Waals surface area contributed by atoms with Gasteiger partial charge in [0.15, 0.2) is 0 Å². The lowest BCUT2D eigenvalue weighted by molar-refractivity contribution is -0.113. The first kappa shape index (κ1) is 16.7. The average Bonchev–Trinajstić information content (AvgIpc) is 3.06. The number of hydrogen-bond donors (Lipinski definition) is 1. The Labute approximate surface area is 145 Å². The van der Waals surface area contributed by atoms with Gasteiger partial charge in [0.1, 0.15) is 17.2 Å². The zero-order valence-electron chi connectivity index (χ0n) is 13.6. The van der Waals surface area contributed by atoms with E-state index in [-0.39, 0.29) is 5.91 Å². The summed E-state index contributed by atoms with van der Waals surface area (Å²) in [6.45, 7) is 0. The van der Waals surface area contributed by atoms with Crippen LogP contribution in [0.4, 0.5) is 0 Å². The molecule has 0 saturated heterocycles. The Morgan fingerprint density at radius 1 is 1.04 bits per heavy atom. The molecule has 0 unspecified atom stereocenters. The molecule has 5 heteroatoms. The SMILES string of the molecule is COc1ccc(Oc2cccc([C@H](O)/C=C/C3=NC(=O)C=C3)c2)cc1. The molecule has 0 aromatic heterocycles. The zero-order chi connectivity index (χ0) is 17.6. The first-order valence-electron chi connectivity index (χ1n) is 7.73. The summed E-state index contributed by atoms with van der Waals surface area (Å²) in [5, 5.41) is 10.3. The third kappa shape index (κ3) is 4.43.